The van der Waals surface area contributed by atoms with Crippen LogP contribution in [-0.2, 0) is 4.79 Å². The van der Waals surface area contributed by atoms with Gasteiger partial charge in [0, 0.05) is 87.3 Å². The number of hydrogen-bond donors (Lipinski definition) is 2. The first kappa shape index (κ1) is 34.7. The van der Waals surface area contributed by atoms with Gasteiger partial charge in [-0.2, -0.15) is 4.98 Å². The average molecular weight is 719 g/mol. The van der Waals surface area contributed by atoms with E-state index in [4.69, 9.17) is 4.98 Å². The Morgan fingerprint density at radius 1 is 0.774 bits per heavy atom. The smallest absolute Gasteiger partial charge is 0.328 e. The molecule has 276 valence electrons. The Kier molecular flexibility index (Phi) is 9.54. The van der Waals surface area contributed by atoms with Crippen molar-refractivity contribution in [2.24, 2.45) is 0 Å². The molecule has 53 heavy (non-hydrogen) atoms. The molecule has 6 heterocycles. The predicted octanol–water partition coefficient (Wildman–Crippen LogP) is 4.79. The van der Waals surface area contributed by atoms with Gasteiger partial charge in [-0.1, -0.05) is 12.8 Å². The third-order valence-corrected chi connectivity index (χ3v) is 11.5. The topological polar surface area (TPSA) is 149 Å². The van der Waals surface area contributed by atoms with Crippen LogP contribution in [0.15, 0.2) is 53.6 Å². The highest BCUT2D eigenvalue weighted by atomic mass is 16.2. The van der Waals surface area contributed by atoms with Gasteiger partial charge < -0.3 is 15.1 Å². The molecule has 0 radical (unpaired) electrons. The average Bonchev–Trinajstić information content (AvgIpc) is 3.70. The number of carbonyl (C=O) groups is 3. The highest BCUT2D eigenvalue weighted by molar-refractivity contribution is 6.05. The number of nitrogens with one attached hydrogen (secondary N) is 2. The molecule has 4 aromatic rings. The molecule has 3 aliphatic heterocycles. The van der Waals surface area contributed by atoms with Crippen LogP contribution in [0, 0.1) is 6.92 Å². The summed E-state index contributed by atoms with van der Waals surface area (Å²) in [5.74, 6) is 0.522. The van der Waals surface area contributed by atoms with Crippen LogP contribution in [0.3, 0.4) is 0 Å². The molecule has 3 aromatic heterocycles. The maximum absolute atomic E-state index is 13.6. The summed E-state index contributed by atoms with van der Waals surface area (Å²) in [6, 6.07) is 12.3. The Hall–Kier alpha value is -5.37. The number of ketones is 1. The number of urea groups is 1. The summed E-state index contributed by atoms with van der Waals surface area (Å²) in [7, 11) is 0. The maximum atomic E-state index is 13.6. The quantitative estimate of drug-likeness (QED) is 0.242. The van der Waals surface area contributed by atoms with E-state index >= 15 is 0 Å². The molecule has 0 spiro atoms. The number of Topliss-reactive ketones (excluding diaryl/α,β-unsaturated/α-hetero) is 1. The third kappa shape index (κ3) is 6.95. The van der Waals surface area contributed by atoms with Crippen molar-refractivity contribution in [2.75, 3.05) is 65.8 Å². The molecule has 3 saturated heterocycles. The van der Waals surface area contributed by atoms with Gasteiger partial charge in [0.05, 0.1) is 17.4 Å². The van der Waals surface area contributed by atoms with E-state index in [9.17, 15) is 19.2 Å². The summed E-state index contributed by atoms with van der Waals surface area (Å²) in [5.41, 5.74) is 4.18. The van der Waals surface area contributed by atoms with Crippen LogP contribution in [0.4, 0.5) is 33.6 Å². The van der Waals surface area contributed by atoms with Gasteiger partial charge in [-0.05, 0) is 81.5 Å². The molecule has 14 heteroatoms. The fourth-order valence-corrected chi connectivity index (χ4v) is 8.56. The molecular weight excluding hydrogens is 672 g/mol. The van der Waals surface area contributed by atoms with Crippen LogP contribution >= 0.6 is 0 Å². The Bertz CT molecular complexity index is 2080. The van der Waals surface area contributed by atoms with Gasteiger partial charge in [-0.15, -0.1) is 0 Å². The Morgan fingerprint density at radius 3 is 2.11 bits per heavy atom. The molecule has 1 aromatic carbocycles. The standard InChI is InChI=1S/C39H46N10O4/c1-25-32-24-41-38(44-36(32)49(30-5-3-4-6-30)37(52)35(25)26(2)50)42-33-12-11-31(23-40-33)47-21-19-46(20-22-47)28-13-16-45(17-14-28)27-7-9-29(10-8-27)48-18-15-34(51)43-39(48)53/h7-12,23-24,28,30H,3-6,13-22H2,1-2H3,(H,43,51,53)(H,40,41,42,44). The zero-order valence-electron chi connectivity index (χ0n) is 30.4. The number of piperazine rings is 1. The number of rotatable bonds is 8. The Labute approximate surface area is 308 Å². The van der Waals surface area contributed by atoms with Crippen molar-refractivity contribution in [1.82, 2.24) is 29.7 Å². The number of imide groups is 1. The minimum atomic E-state index is -0.359. The molecule has 3 amide bonds. The number of amides is 3. The number of pyridine rings is 2. The minimum absolute atomic E-state index is 0.0221. The largest absolute Gasteiger partial charge is 0.371 e. The van der Waals surface area contributed by atoms with E-state index in [1.807, 2.05) is 24.4 Å². The monoisotopic (exact) mass is 718 g/mol. The van der Waals surface area contributed by atoms with E-state index in [-0.39, 0.29) is 34.9 Å². The minimum Gasteiger partial charge on any atom is -0.371 e. The van der Waals surface area contributed by atoms with Gasteiger partial charge >= 0.3 is 6.03 Å². The van der Waals surface area contributed by atoms with Crippen molar-refractivity contribution in [1.29, 1.82) is 0 Å². The number of nitrogens with zero attached hydrogens (tertiary/aromatic N) is 8. The summed E-state index contributed by atoms with van der Waals surface area (Å²) in [6.45, 7) is 9.48. The lowest BCUT2D eigenvalue weighted by Crippen LogP contribution is -2.53. The van der Waals surface area contributed by atoms with Crippen molar-refractivity contribution in [2.45, 2.75) is 70.9 Å². The maximum Gasteiger partial charge on any atom is 0.328 e. The van der Waals surface area contributed by atoms with Crippen LogP contribution in [0.5, 0.6) is 0 Å². The van der Waals surface area contributed by atoms with Crippen LogP contribution < -0.4 is 30.9 Å². The number of hydrogen-bond acceptors (Lipinski definition) is 11. The number of anilines is 5. The first-order chi connectivity index (χ1) is 25.7. The molecule has 1 aliphatic carbocycles. The summed E-state index contributed by atoms with van der Waals surface area (Å²) in [5, 5.41) is 6.34. The lowest BCUT2D eigenvalue weighted by Gasteiger charge is -2.43. The van der Waals surface area contributed by atoms with Crippen LogP contribution in [-0.4, -0.2) is 94.0 Å². The van der Waals surface area contributed by atoms with E-state index in [2.05, 4.69) is 53.5 Å². The van der Waals surface area contributed by atoms with Gasteiger partial charge in [0.15, 0.2) is 5.78 Å². The second-order valence-electron chi connectivity index (χ2n) is 14.6. The highest BCUT2D eigenvalue weighted by Gasteiger charge is 2.29. The summed E-state index contributed by atoms with van der Waals surface area (Å²) in [4.78, 5) is 72.8. The summed E-state index contributed by atoms with van der Waals surface area (Å²) >= 11 is 0. The number of aryl methyl sites for hydroxylation is 1. The van der Waals surface area contributed by atoms with Gasteiger partial charge in [-0.25, -0.2) is 14.8 Å². The molecule has 0 bridgehead atoms. The second-order valence-corrected chi connectivity index (χ2v) is 14.6. The van der Waals surface area contributed by atoms with Crippen molar-refractivity contribution in [3.63, 3.8) is 0 Å². The van der Waals surface area contributed by atoms with E-state index in [1.54, 1.807) is 22.6 Å². The van der Waals surface area contributed by atoms with E-state index in [0.717, 1.165) is 100 Å². The predicted molar refractivity (Wildman–Crippen MR) is 205 cm³/mol. The summed E-state index contributed by atoms with van der Waals surface area (Å²) in [6.07, 6.45) is 10.00. The van der Waals surface area contributed by atoms with Gasteiger partial charge in [0.1, 0.15) is 11.5 Å². The van der Waals surface area contributed by atoms with Gasteiger partial charge in [0.25, 0.3) is 5.56 Å². The Balaban J connectivity index is 0.857. The van der Waals surface area contributed by atoms with E-state index in [1.165, 1.54) is 6.92 Å². The van der Waals surface area contributed by atoms with Crippen molar-refractivity contribution < 1.29 is 14.4 Å². The molecule has 0 atom stereocenters. The third-order valence-electron chi connectivity index (χ3n) is 11.5. The van der Waals surface area contributed by atoms with Crippen LogP contribution in [0.1, 0.15) is 73.8 Å². The van der Waals surface area contributed by atoms with E-state index in [0.29, 0.717) is 42.0 Å². The number of fused-ring (bicyclic) bond motifs is 1. The Morgan fingerprint density at radius 2 is 1.45 bits per heavy atom. The zero-order valence-corrected chi connectivity index (χ0v) is 30.4. The number of benzene rings is 1. The lowest BCUT2D eigenvalue weighted by molar-refractivity contribution is -0.120. The van der Waals surface area contributed by atoms with E-state index < -0.39 is 0 Å². The highest BCUT2D eigenvalue weighted by Crippen LogP contribution is 2.32. The molecular formula is C39H46N10O4. The molecule has 14 nitrogen and oxygen atoms in total. The number of aromatic nitrogens is 4. The van der Waals surface area contributed by atoms with Gasteiger partial charge in [0.2, 0.25) is 11.9 Å². The fourth-order valence-electron chi connectivity index (χ4n) is 8.56. The van der Waals surface area contributed by atoms with Crippen molar-refractivity contribution >= 4 is 57.6 Å². The summed E-state index contributed by atoms with van der Waals surface area (Å²) < 4.78 is 1.72. The zero-order chi connectivity index (χ0) is 36.6. The number of carbonyl (C=O) groups excluding carboxylic acids is 3. The molecule has 8 rings (SSSR count). The molecule has 4 aliphatic rings. The van der Waals surface area contributed by atoms with Crippen molar-refractivity contribution in [3.05, 3.63) is 70.3 Å². The number of piperidine rings is 1. The van der Waals surface area contributed by atoms with Crippen LogP contribution in [0.25, 0.3) is 11.0 Å². The molecule has 4 fully saturated rings. The second kappa shape index (κ2) is 14.6. The SMILES string of the molecule is CC(=O)c1c(C)c2cnc(Nc3ccc(N4CCN(C5CCN(c6ccc(N7CCC(=O)NC7=O)cc6)CC5)CC4)cn3)nc2n(C2CCCC2)c1=O. The normalized spacial score (nSPS) is 19.2. The lowest BCUT2D eigenvalue weighted by atomic mass is 10.0. The molecule has 2 N–H and O–H groups in total. The first-order valence-electron chi connectivity index (χ1n) is 18.8. The van der Waals surface area contributed by atoms with Crippen LogP contribution in [0.2, 0.25) is 0 Å². The first-order valence-corrected chi connectivity index (χ1v) is 18.8. The molecule has 0 unspecified atom stereocenters. The van der Waals surface area contributed by atoms with Crippen molar-refractivity contribution in [3.8, 4) is 0 Å². The molecule has 1 saturated carbocycles. The van der Waals surface area contributed by atoms with Gasteiger partial charge in [-0.3, -0.25) is 34.1 Å². The fraction of sp³-hybridized carbons (Fsp3) is 0.462.